The summed E-state index contributed by atoms with van der Waals surface area (Å²) in [4.78, 5) is 21.6. The van der Waals surface area contributed by atoms with E-state index in [1.807, 2.05) is 85.8 Å². The number of aryl methyl sites for hydroxylation is 1. The predicted octanol–water partition coefficient (Wildman–Crippen LogP) is 4.61. The van der Waals surface area contributed by atoms with Crippen LogP contribution in [0.3, 0.4) is 0 Å². The number of aromatic nitrogens is 2. The van der Waals surface area contributed by atoms with E-state index in [1.165, 1.54) is 5.56 Å². The van der Waals surface area contributed by atoms with Gasteiger partial charge in [0.25, 0.3) is 5.91 Å². The number of rotatable bonds is 5. The Morgan fingerprint density at radius 1 is 0.857 bits per heavy atom. The molecule has 0 saturated heterocycles. The van der Waals surface area contributed by atoms with Crippen LogP contribution in [0.4, 0.5) is 11.5 Å². The second kappa shape index (κ2) is 7.88. The van der Waals surface area contributed by atoms with E-state index >= 15 is 0 Å². The normalized spacial score (nSPS) is 10.6. The minimum Gasteiger partial charge on any atom is -0.345 e. The number of fused-ring (bicyclic) bond motifs is 1. The molecule has 1 aromatic heterocycles. The number of amides is 1. The fraction of sp³-hybridized carbons (Fsp3) is 0.0870. The smallest absolute Gasteiger partial charge is 0.289 e. The molecule has 1 heterocycles. The van der Waals surface area contributed by atoms with Gasteiger partial charge in [-0.25, -0.2) is 9.97 Å². The van der Waals surface area contributed by atoms with Gasteiger partial charge in [0, 0.05) is 17.6 Å². The number of anilines is 2. The number of hydrogen-bond acceptors (Lipinski definition) is 4. The summed E-state index contributed by atoms with van der Waals surface area (Å²) in [6.07, 6.45) is 0. The largest absolute Gasteiger partial charge is 0.345 e. The lowest BCUT2D eigenvalue weighted by Gasteiger charge is -2.11. The highest BCUT2D eigenvalue weighted by Gasteiger charge is 2.14. The van der Waals surface area contributed by atoms with Gasteiger partial charge < -0.3 is 10.6 Å². The summed E-state index contributed by atoms with van der Waals surface area (Å²) in [6, 6.07) is 25.4. The molecular formula is C23H20N4O. The third-order valence-electron chi connectivity index (χ3n) is 4.42. The molecule has 3 aromatic carbocycles. The molecule has 0 saturated carbocycles. The number of carbonyl (C=O) groups excluding carboxylic acids is 1. The van der Waals surface area contributed by atoms with Gasteiger partial charge in [0.05, 0.1) is 5.52 Å². The zero-order chi connectivity index (χ0) is 19.3. The maximum absolute atomic E-state index is 12.6. The van der Waals surface area contributed by atoms with Gasteiger partial charge in [-0.15, -0.1) is 0 Å². The first-order valence-corrected chi connectivity index (χ1v) is 9.12. The first kappa shape index (κ1) is 17.7. The van der Waals surface area contributed by atoms with Crippen molar-refractivity contribution < 1.29 is 4.79 Å². The van der Waals surface area contributed by atoms with Crippen LogP contribution in [-0.2, 0) is 6.54 Å². The number of benzene rings is 3. The van der Waals surface area contributed by atoms with Gasteiger partial charge in [-0.3, -0.25) is 4.79 Å². The van der Waals surface area contributed by atoms with Gasteiger partial charge in [0.2, 0.25) is 5.82 Å². The van der Waals surface area contributed by atoms with Gasteiger partial charge in [-0.05, 0) is 36.8 Å². The summed E-state index contributed by atoms with van der Waals surface area (Å²) in [5.74, 6) is 0.449. The molecule has 138 valence electrons. The standard InChI is InChI=1S/C23H20N4O/c1-16-11-13-18(14-12-16)25-21-19-9-5-6-10-20(19)26-22(27-21)23(28)24-15-17-7-3-2-4-8-17/h2-14H,15H2,1H3,(H,24,28)(H,25,26,27). The average Bonchev–Trinajstić information content (AvgIpc) is 2.74. The van der Waals surface area contributed by atoms with E-state index in [4.69, 9.17) is 0 Å². The SMILES string of the molecule is Cc1ccc(Nc2nc(C(=O)NCc3ccccc3)nc3ccccc23)cc1. The van der Waals surface area contributed by atoms with Crippen molar-refractivity contribution in [2.24, 2.45) is 0 Å². The Bertz CT molecular complexity index is 1110. The van der Waals surface area contributed by atoms with Crippen molar-refractivity contribution in [1.82, 2.24) is 15.3 Å². The summed E-state index contributed by atoms with van der Waals surface area (Å²) in [7, 11) is 0. The van der Waals surface area contributed by atoms with Crippen molar-refractivity contribution in [2.45, 2.75) is 13.5 Å². The molecule has 4 rings (SSSR count). The van der Waals surface area contributed by atoms with Gasteiger partial charge in [-0.2, -0.15) is 0 Å². The van der Waals surface area contributed by atoms with Gasteiger partial charge in [0.15, 0.2) is 0 Å². The van der Waals surface area contributed by atoms with E-state index < -0.39 is 0 Å². The lowest BCUT2D eigenvalue weighted by atomic mass is 10.2. The van der Waals surface area contributed by atoms with Gasteiger partial charge in [-0.1, -0.05) is 60.2 Å². The van der Waals surface area contributed by atoms with Crippen LogP contribution < -0.4 is 10.6 Å². The molecule has 5 nitrogen and oxygen atoms in total. The van der Waals surface area contributed by atoms with E-state index in [0.717, 1.165) is 22.2 Å². The molecule has 0 unspecified atom stereocenters. The molecule has 2 N–H and O–H groups in total. The van der Waals surface area contributed by atoms with E-state index in [-0.39, 0.29) is 11.7 Å². The molecule has 0 spiro atoms. The van der Waals surface area contributed by atoms with E-state index in [9.17, 15) is 4.79 Å². The first-order valence-electron chi connectivity index (χ1n) is 9.12. The number of nitrogens with zero attached hydrogens (tertiary/aromatic N) is 2. The predicted molar refractivity (Wildman–Crippen MR) is 112 cm³/mol. The summed E-state index contributed by atoms with van der Waals surface area (Å²) in [5, 5.41) is 7.06. The lowest BCUT2D eigenvalue weighted by Crippen LogP contribution is -2.25. The van der Waals surface area contributed by atoms with Crippen LogP contribution in [0.15, 0.2) is 78.9 Å². The molecule has 0 atom stereocenters. The Labute approximate surface area is 163 Å². The van der Waals surface area contributed by atoms with E-state index in [2.05, 4.69) is 20.6 Å². The summed E-state index contributed by atoms with van der Waals surface area (Å²) < 4.78 is 0. The van der Waals surface area contributed by atoms with Crippen molar-refractivity contribution in [3.63, 3.8) is 0 Å². The Balaban J connectivity index is 1.63. The highest BCUT2D eigenvalue weighted by atomic mass is 16.2. The number of carbonyl (C=O) groups is 1. The van der Waals surface area contributed by atoms with Crippen LogP contribution in [-0.4, -0.2) is 15.9 Å². The molecular weight excluding hydrogens is 348 g/mol. The minimum atomic E-state index is -0.304. The number of nitrogens with one attached hydrogen (secondary N) is 2. The maximum atomic E-state index is 12.6. The molecule has 0 fully saturated rings. The van der Waals surface area contributed by atoms with Crippen molar-refractivity contribution in [1.29, 1.82) is 0 Å². The Hall–Kier alpha value is -3.73. The number of hydrogen-bond donors (Lipinski definition) is 2. The molecule has 0 aliphatic heterocycles. The summed E-state index contributed by atoms with van der Waals surface area (Å²) >= 11 is 0. The molecule has 1 amide bonds. The number of para-hydroxylation sites is 1. The zero-order valence-electron chi connectivity index (χ0n) is 15.5. The van der Waals surface area contributed by atoms with Crippen molar-refractivity contribution in [3.05, 3.63) is 95.8 Å². The molecule has 0 bridgehead atoms. The van der Waals surface area contributed by atoms with Crippen LogP contribution in [0.1, 0.15) is 21.7 Å². The molecule has 0 aliphatic carbocycles. The second-order valence-electron chi connectivity index (χ2n) is 6.57. The molecule has 4 aromatic rings. The van der Waals surface area contributed by atoms with E-state index in [0.29, 0.717) is 12.4 Å². The van der Waals surface area contributed by atoms with Gasteiger partial charge >= 0.3 is 0 Å². The molecule has 28 heavy (non-hydrogen) atoms. The zero-order valence-corrected chi connectivity index (χ0v) is 15.5. The fourth-order valence-electron chi connectivity index (χ4n) is 2.90. The Kier molecular flexibility index (Phi) is 4.97. The maximum Gasteiger partial charge on any atom is 0.289 e. The van der Waals surface area contributed by atoms with Crippen LogP contribution in [0.5, 0.6) is 0 Å². The monoisotopic (exact) mass is 368 g/mol. The third-order valence-corrected chi connectivity index (χ3v) is 4.42. The van der Waals surface area contributed by atoms with Crippen molar-refractivity contribution in [3.8, 4) is 0 Å². The van der Waals surface area contributed by atoms with Crippen LogP contribution >= 0.6 is 0 Å². The van der Waals surface area contributed by atoms with E-state index in [1.54, 1.807) is 0 Å². The first-order chi connectivity index (χ1) is 13.7. The fourth-order valence-corrected chi connectivity index (χ4v) is 2.90. The highest BCUT2D eigenvalue weighted by molar-refractivity contribution is 5.97. The molecule has 0 aliphatic rings. The van der Waals surface area contributed by atoms with Crippen LogP contribution in [0.2, 0.25) is 0 Å². The summed E-state index contributed by atoms with van der Waals surface area (Å²) in [5.41, 5.74) is 3.83. The topological polar surface area (TPSA) is 66.9 Å². The van der Waals surface area contributed by atoms with Crippen molar-refractivity contribution >= 4 is 28.3 Å². The molecule has 0 radical (unpaired) electrons. The van der Waals surface area contributed by atoms with Crippen LogP contribution in [0.25, 0.3) is 10.9 Å². The Morgan fingerprint density at radius 2 is 1.57 bits per heavy atom. The quantitative estimate of drug-likeness (QED) is 0.540. The van der Waals surface area contributed by atoms with Crippen molar-refractivity contribution in [2.75, 3.05) is 5.32 Å². The second-order valence-corrected chi connectivity index (χ2v) is 6.57. The molecule has 5 heteroatoms. The summed E-state index contributed by atoms with van der Waals surface area (Å²) in [6.45, 7) is 2.47. The van der Waals surface area contributed by atoms with Crippen LogP contribution in [0, 0.1) is 6.92 Å². The van der Waals surface area contributed by atoms with Gasteiger partial charge in [0.1, 0.15) is 5.82 Å². The third kappa shape index (κ3) is 3.99. The average molecular weight is 368 g/mol. The Morgan fingerprint density at radius 3 is 2.36 bits per heavy atom. The lowest BCUT2D eigenvalue weighted by molar-refractivity contribution is 0.0941. The minimum absolute atomic E-state index is 0.143. The highest BCUT2D eigenvalue weighted by Crippen LogP contribution is 2.24.